The average molecular weight is 502 g/mol. The number of amides is 3. The average Bonchev–Trinajstić information content (AvgIpc) is 3.10. The van der Waals surface area contributed by atoms with Crippen LogP contribution in [0.1, 0.15) is 66.2 Å². The minimum absolute atomic E-state index is 0.0386. The van der Waals surface area contributed by atoms with E-state index in [1.165, 1.54) is 0 Å². The number of likely N-dealkylation sites (tertiary alicyclic amines) is 1. The Morgan fingerprint density at radius 2 is 1.72 bits per heavy atom. The molecule has 0 radical (unpaired) electrons. The Labute approximate surface area is 215 Å². The molecule has 8 heteroatoms. The van der Waals surface area contributed by atoms with E-state index >= 15 is 0 Å². The maximum Gasteiger partial charge on any atom is 0.249 e. The summed E-state index contributed by atoms with van der Waals surface area (Å²) in [5.74, 6) is -1.76. The third-order valence-electron chi connectivity index (χ3n) is 8.46. The molecule has 0 aromatic rings. The summed E-state index contributed by atoms with van der Waals surface area (Å²) in [7, 11) is 0. The highest BCUT2D eigenvalue weighted by molar-refractivity contribution is 6.00. The smallest absolute Gasteiger partial charge is 0.249 e. The van der Waals surface area contributed by atoms with Crippen molar-refractivity contribution in [3.8, 4) is 0 Å². The quantitative estimate of drug-likeness (QED) is 0.367. The Kier molecular flexibility index (Phi) is 7.95. The summed E-state index contributed by atoms with van der Waals surface area (Å²) in [6, 6.07) is -0.761. The van der Waals surface area contributed by atoms with Crippen molar-refractivity contribution < 1.29 is 24.2 Å². The fourth-order valence-electron chi connectivity index (χ4n) is 6.84. The van der Waals surface area contributed by atoms with E-state index in [2.05, 4.69) is 13.8 Å². The van der Waals surface area contributed by atoms with Gasteiger partial charge in [-0.3, -0.25) is 14.4 Å². The molecule has 0 aliphatic carbocycles. The van der Waals surface area contributed by atoms with Crippen LogP contribution >= 0.6 is 0 Å². The molecule has 8 nitrogen and oxygen atoms in total. The molecule has 0 bridgehead atoms. The van der Waals surface area contributed by atoms with Gasteiger partial charge in [0.15, 0.2) is 0 Å². The fraction of sp³-hybridized carbons (Fsp3) is 0.750. The van der Waals surface area contributed by atoms with Crippen molar-refractivity contribution in [3.05, 3.63) is 24.3 Å². The largest absolute Gasteiger partial charge is 0.396 e. The van der Waals surface area contributed by atoms with Gasteiger partial charge in [0.1, 0.15) is 11.6 Å². The molecule has 1 N–H and O–H groups in total. The summed E-state index contributed by atoms with van der Waals surface area (Å²) in [5.41, 5.74) is -2.14. The summed E-state index contributed by atoms with van der Waals surface area (Å²) in [6.07, 6.45) is 12.6. The zero-order valence-corrected chi connectivity index (χ0v) is 22.3. The van der Waals surface area contributed by atoms with E-state index in [1.807, 2.05) is 48.0 Å². The molecule has 0 aromatic heterocycles. The molecule has 6 atom stereocenters. The third kappa shape index (κ3) is 4.30. The van der Waals surface area contributed by atoms with Gasteiger partial charge in [0, 0.05) is 38.8 Å². The molecule has 4 aliphatic rings. The normalized spacial score (nSPS) is 34.5. The highest BCUT2D eigenvalue weighted by atomic mass is 16.5. The Morgan fingerprint density at radius 1 is 0.972 bits per heavy atom. The van der Waals surface area contributed by atoms with Crippen LogP contribution in [0.25, 0.3) is 0 Å². The van der Waals surface area contributed by atoms with Gasteiger partial charge in [0.2, 0.25) is 17.7 Å². The number of hydrogen-bond acceptors (Lipinski definition) is 5. The lowest BCUT2D eigenvalue weighted by molar-refractivity contribution is -0.153. The van der Waals surface area contributed by atoms with Crippen LogP contribution in [0.3, 0.4) is 0 Å². The molecule has 200 valence electrons. The first-order chi connectivity index (χ1) is 17.3. The van der Waals surface area contributed by atoms with Gasteiger partial charge in [-0.1, -0.05) is 44.6 Å². The maximum atomic E-state index is 14.2. The van der Waals surface area contributed by atoms with E-state index in [4.69, 9.17) is 4.74 Å². The summed E-state index contributed by atoms with van der Waals surface area (Å²) in [5, 5.41) is 9.22. The third-order valence-corrected chi connectivity index (χ3v) is 8.46. The number of fused-ring (bicyclic) bond motifs is 2. The number of nitrogens with zero attached hydrogens (tertiary/aromatic N) is 3. The Hall–Kier alpha value is -2.19. The van der Waals surface area contributed by atoms with Crippen molar-refractivity contribution in [3.63, 3.8) is 0 Å². The maximum absolute atomic E-state index is 14.2. The highest BCUT2D eigenvalue weighted by Gasteiger charge is 2.74. The minimum atomic E-state index is -1.18. The van der Waals surface area contributed by atoms with Crippen molar-refractivity contribution >= 4 is 17.7 Å². The number of rotatable bonds is 10. The van der Waals surface area contributed by atoms with Gasteiger partial charge in [-0.05, 0) is 46.0 Å². The minimum Gasteiger partial charge on any atom is -0.396 e. The lowest BCUT2D eigenvalue weighted by Crippen LogP contribution is -2.57. The summed E-state index contributed by atoms with van der Waals surface area (Å²) in [6.45, 7) is 10.2. The van der Waals surface area contributed by atoms with Crippen molar-refractivity contribution in [1.29, 1.82) is 0 Å². The molecule has 3 amide bonds. The summed E-state index contributed by atoms with van der Waals surface area (Å²) >= 11 is 0. The molecule has 0 saturated carbocycles. The van der Waals surface area contributed by atoms with E-state index < -0.39 is 29.1 Å². The van der Waals surface area contributed by atoms with E-state index in [9.17, 15) is 19.5 Å². The molecule has 0 aromatic carbocycles. The van der Waals surface area contributed by atoms with Gasteiger partial charge in [-0.15, -0.1) is 0 Å². The van der Waals surface area contributed by atoms with Gasteiger partial charge < -0.3 is 24.5 Å². The number of ether oxygens (including phenoxy) is 1. The van der Waals surface area contributed by atoms with Crippen LogP contribution in [-0.2, 0) is 19.1 Å². The first kappa shape index (κ1) is 26.9. The number of carbonyl (C=O) groups excluding carboxylic acids is 3. The monoisotopic (exact) mass is 501 g/mol. The molecule has 2 saturated heterocycles. The number of unbranched alkanes of at least 4 members (excludes halogenated alkanes) is 2. The summed E-state index contributed by atoms with van der Waals surface area (Å²) < 4.78 is 6.84. The second-order valence-electron chi connectivity index (χ2n) is 11.0. The molecule has 2 fully saturated rings. The molecule has 4 rings (SSSR count). The molecule has 4 heterocycles. The SMILES string of the molecule is CCCC(C)N1CC=C[C@]23O[C@]4(C)C=CCN(CCC)C(=O)[C@@H]4[C@H]2C(=O)N(CCCCCO)C3C1=O. The van der Waals surface area contributed by atoms with E-state index in [1.54, 1.807) is 4.90 Å². The van der Waals surface area contributed by atoms with Crippen molar-refractivity contribution in [1.82, 2.24) is 14.7 Å². The lowest BCUT2D eigenvalue weighted by atomic mass is 9.74. The Morgan fingerprint density at radius 3 is 2.42 bits per heavy atom. The first-order valence-electron chi connectivity index (χ1n) is 13.8. The zero-order valence-electron chi connectivity index (χ0n) is 22.3. The second kappa shape index (κ2) is 10.7. The number of hydrogen-bond donors (Lipinski definition) is 1. The molecule has 1 spiro atoms. The van der Waals surface area contributed by atoms with Crippen LogP contribution in [0.5, 0.6) is 0 Å². The predicted molar refractivity (Wildman–Crippen MR) is 137 cm³/mol. The second-order valence-corrected chi connectivity index (χ2v) is 11.0. The Balaban J connectivity index is 1.78. The van der Waals surface area contributed by atoms with Crippen LogP contribution < -0.4 is 0 Å². The fourth-order valence-corrected chi connectivity index (χ4v) is 6.84. The Bertz CT molecular complexity index is 919. The molecular weight excluding hydrogens is 458 g/mol. The van der Waals surface area contributed by atoms with Crippen LogP contribution in [-0.4, -0.2) is 93.6 Å². The van der Waals surface area contributed by atoms with Crippen molar-refractivity contribution in [2.45, 2.75) is 89.5 Å². The van der Waals surface area contributed by atoms with E-state index in [-0.39, 0.29) is 30.4 Å². The van der Waals surface area contributed by atoms with Gasteiger partial charge in [-0.2, -0.15) is 0 Å². The molecular formula is C28H43N3O5. The van der Waals surface area contributed by atoms with Crippen LogP contribution in [0.2, 0.25) is 0 Å². The predicted octanol–water partition coefficient (Wildman–Crippen LogP) is 2.52. The van der Waals surface area contributed by atoms with Gasteiger partial charge in [0.05, 0.1) is 17.4 Å². The van der Waals surface area contributed by atoms with Crippen molar-refractivity contribution in [2.24, 2.45) is 11.8 Å². The number of aliphatic hydroxyl groups is 1. The molecule has 2 unspecified atom stereocenters. The van der Waals surface area contributed by atoms with E-state index in [0.717, 1.165) is 25.7 Å². The summed E-state index contributed by atoms with van der Waals surface area (Å²) in [4.78, 5) is 47.7. The number of aliphatic hydroxyl groups excluding tert-OH is 1. The standard InChI is InChI=1S/C28H43N3O5/c1-5-12-20(3)30-18-11-14-28-22(25(34)31(23(28)26(30)35)17-8-7-9-19-32)21-24(33)29(15-6-2)16-10-13-27(21,4)36-28/h10-11,13-14,20-23,32H,5-9,12,15-19H2,1-4H3/t20?,21-,22-,23?,27+,28-/m0/s1. The zero-order chi connectivity index (χ0) is 26.1. The van der Waals surface area contributed by atoms with E-state index in [0.29, 0.717) is 39.0 Å². The van der Waals surface area contributed by atoms with Gasteiger partial charge in [-0.25, -0.2) is 0 Å². The molecule has 36 heavy (non-hydrogen) atoms. The van der Waals surface area contributed by atoms with Crippen LogP contribution in [0, 0.1) is 11.8 Å². The van der Waals surface area contributed by atoms with Crippen molar-refractivity contribution in [2.75, 3.05) is 32.8 Å². The molecule has 4 aliphatic heterocycles. The number of carbonyl (C=O) groups is 3. The topological polar surface area (TPSA) is 90.4 Å². The lowest BCUT2D eigenvalue weighted by Gasteiger charge is -2.38. The van der Waals surface area contributed by atoms with Crippen LogP contribution in [0.4, 0.5) is 0 Å². The highest BCUT2D eigenvalue weighted by Crippen LogP contribution is 2.57. The van der Waals surface area contributed by atoms with Crippen LogP contribution in [0.15, 0.2) is 24.3 Å². The first-order valence-corrected chi connectivity index (χ1v) is 13.8. The van der Waals surface area contributed by atoms with Gasteiger partial charge in [0.25, 0.3) is 0 Å². The van der Waals surface area contributed by atoms with Gasteiger partial charge >= 0.3 is 0 Å².